The van der Waals surface area contributed by atoms with Gasteiger partial charge in [0.05, 0.1) is 9.80 Å². The van der Waals surface area contributed by atoms with Gasteiger partial charge in [0.15, 0.2) is 5.17 Å². The molecule has 1 heterocycles. The minimum Gasteiger partial charge on any atom is -0.286 e. The summed E-state index contributed by atoms with van der Waals surface area (Å²) in [5, 5.41) is 0.0645. The molecule has 0 bridgehead atoms. The standard InChI is InChI=1S/C20H19FN2O3S2/c1-3-14-9-11-16(12-10-14)28(25,26)22-20-23(4-2)19(24)18(27-20)13-15-7-5-6-8-17(15)21/h5-13H,3-4H2,1-2H3/b18-13-,22-20+. The summed E-state index contributed by atoms with van der Waals surface area (Å²) in [7, 11) is -3.97. The van der Waals surface area contributed by atoms with Crippen LogP contribution in [0.3, 0.4) is 0 Å². The summed E-state index contributed by atoms with van der Waals surface area (Å²) < 4.78 is 43.1. The van der Waals surface area contributed by atoms with Crippen LogP contribution >= 0.6 is 11.8 Å². The second-order valence-electron chi connectivity index (χ2n) is 6.03. The number of likely N-dealkylation sites (N-methyl/N-ethyl adjacent to an activating group) is 1. The number of nitrogens with zero attached hydrogens (tertiary/aromatic N) is 2. The van der Waals surface area contributed by atoms with Gasteiger partial charge in [-0.1, -0.05) is 37.3 Å². The Morgan fingerprint density at radius 2 is 1.79 bits per heavy atom. The molecule has 0 aromatic heterocycles. The van der Waals surface area contributed by atoms with E-state index in [4.69, 9.17) is 0 Å². The van der Waals surface area contributed by atoms with Crippen molar-refractivity contribution in [3.63, 3.8) is 0 Å². The number of hydrogen-bond donors (Lipinski definition) is 0. The zero-order valence-electron chi connectivity index (χ0n) is 15.4. The van der Waals surface area contributed by atoms with Crippen molar-refractivity contribution in [2.75, 3.05) is 6.54 Å². The van der Waals surface area contributed by atoms with Crippen molar-refractivity contribution in [3.8, 4) is 0 Å². The van der Waals surface area contributed by atoms with Crippen molar-refractivity contribution in [1.82, 2.24) is 4.90 Å². The predicted octanol–water partition coefficient (Wildman–Crippen LogP) is 4.07. The molecular weight excluding hydrogens is 399 g/mol. The Balaban J connectivity index is 1.96. The molecule has 1 aliphatic heterocycles. The number of amidine groups is 1. The molecule has 1 fully saturated rings. The summed E-state index contributed by atoms with van der Waals surface area (Å²) >= 11 is 0.926. The van der Waals surface area contributed by atoms with Crippen molar-refractivity contribution in [1.29, 1.82) is 0 Å². The maximum Gasteiger partial charge on any atom is 0.284 e. The lowest BCUT2D eigenvalue weighted by Crippen LogP contribution is -2.29. The van der Waals surface area contributed by atoms with Crippen LogP contribution in [0.25, 0.3) is 6.08 Å². The zero-order valence-corrected chi connectivity index (χ0v) is 17.1. The first-order valence-electron chi connectivity index (χ1n) is 8.75. The van der Waals surface area contributed by atoms with Crippen molar-refractivity contribution < 1.29 is 17.6 Å². The maximum absolute atomic E-state index is 13.9. The SMILES string of the molecule is CCc1ccc(S(=O)(=O)/N=C2/S/C(=C\c3ccccc3F)C(=O)N2CC)cc1. The van der Waals surface area contributed by atoms with Crippen LogP contribution in [0.15, 0.2) is 62.7 Å². The topological polar surface area (TPSA) is 66.8 Å². The highest BCUT2D eigenvalue weighted by atomic mass is 32.2. The first-order valence-corrected chi connectivity index (χ1v) is 11.0. The van der Waals surface area contributed by atoms with Crippen LogP contribution in [0.1, 0.15) is 25.0 Å². The molecule has 2 aromatic carbocycles. The van der Waals surface area contributed by atoms with Gasteiger partial charge in [-0.15, -0.1) is 4.40 Å². The van der Waals surface area contributed by atoms with E-state index < -0.39 is 21.7 Å². The second-order valence-corrected chi connectivity index (χ2v) is 8.64. The van der Waals surface area contributed by atoms with Crippen molar-refractivity contribution in [3.05, 3.63) is 70.4 Å². The summed E-state index contributed by atoms with van der Waals surface area (Å²) in [6.07, 6.45) is 2.21. The van der Waals surface area contributed by atoms with Crippen LogP contribution in [0.5, 0.6) is 0 Å². The fourth-order valence-corrected chi connectivity index (χ4v) is 4.88. The molecule has 2 aromatic rings. The van der Waals surface area contributed by atoms with Crippen LogP contribution in [-0.4, -0.2) is 30.9 Å². The van der Waals surface area contributed by atoms with Crippen molar-refractivity contribution in [2.45, 2.75) is 25.2 Å². The van der Waals surface area contributed by atoms with E-state index in [-0.39, 0.29) is 27.1 Å². The van der Waals surface area contributed by atoms with E-state index in [1.165, 1.54) is 29.2 Å². The summed E-state index contributed by atoms with van der Waals surface area (Å²) in [6.45, 7) is 3.96. The van der Waals surface area contributed by atoms with Gasteiger partial charge in [0.1, 0.15) is 5.82 Å². The summed E-state index contributed by atoms with van der Waals surface area (Å²) in [4.78, 5) is 14.2. The Kier molecular flexibility index (Phi) is 6.00. The number of sulfonamides is 1. The van der Waals surface area contributed by atoms with Gasteiger partial charge in [0.2, 0.25) is 0 Å². The lowest BCUT2D eigenvalue weighted by Gasteiger charge is -2.12. The molecule has 5 nitrogen and oxygen atoms in total. The fraction of sp³-hybridized carbons (Fsp3) is 0.200. The number of aryl methyl sites for hydroxylation is 1. The fourth-order valence-electron chi connectivity index (χ4n) is 2.64. The number of hydrogen-bond acceptors (Lipinski definition) is 4. The lowest BCUT2D eigenvalue weighted by atomic mass is 10.2. The van der Waals surface area contributed by atoms with Gasteiger partial charge in [-0.3, -0.25) is 9.69 Å². The van der Waals surface area contributed by atoms with Gasteiger partial charge < -0.3 is 0 Å². The Labute approximate surface area is 168 Å². The van der Waals surface area contributed by atoms with E-state index in [9.17, 15) is 17.6 Å². The zero-order chi connectivity index (χ0) is 20.3. The van der Waals surface area contributed by atoms with E-state index in [1.807, 2.05) is 6.92 Å². The third-order valence-electron chi connectivity index (χ3n) is 4.22. The van der Waals surface area contributed by atoms with E-state index in [1.54, 1.807) is 37.3 Å². The summed E-state index contributed by atoms with van der Waals surface area (Å²) in [5.74, 6) is -0.855. The molecule has 0 spiro atoms. The molecule has 1 saturated heterocycles. The Morgan fingerprint density at radius 3 is 2.39 bits per heavy atom. The van der Waals surface area contributed by atoms with Gasteiger partial charge >= 0.3 is 0 Å². The van der Waals surface area contributed by atoms with Gasteiger partial charge in [-0.25, -0.2) is 4.39 Å². The molecule has 0 atom stereocenters. The van der Waals surface area contributed by atoms with Crippen LogP contribution < -0.4 is 0 Å². The molecule has 0 saturated carbocycles. The van der Waals surface area contributed by atoms with E-state index >= 15 is 0 Å². The predicted molar refractivity (Wildman–Crippen MR) is 110 cm³/mol. The van der Waals surface area contributed by atoms with E-state index in [0.717, 1.165) is 23.7 Å². The van der Waals surface area contributed by atoms with Gasteiger partial charge in [0.25, 0.3) is 15.9 Å². The average Bonchev–Trinajstić information content (AvgIpc) is 2.97. The molecule has 1 amide bonds. The smallest absolute Gasteiger partial charge is 0.284 e. The number of carbonyl (C=O) groups excluding carboxylic acids is 1. The van der Waals surface area contributed by atoms with E-state index in [0.29, 0.717) is 0 Å². The quantitative estimate of drug-likeness (QED) is 0.687. The number of carbonyl (C=O) groups is 1. The molecule has 8 heteroatoms. The molecule has 0 radical (unpaired) electrons. The second kappa shape index (κ2) is 8.28. The van der Waals surface area contributed by atoms with Crippen LogP contribution in [0, 0.1) is 5.82 Å². The number of rotatable bonds is 5. The average molecular weight is 419 g/mol. The number of halogens is 1. The third kappa shape index (κ3) is 4.18. The monoisotopic (exact) mass is 418 g/mol. The van der Waals surface area contributed by atoms with Crippen LogP contribution in [-0.2, 0) is 21.2 Å². The Morgan fingerprint density at radius 1 is 1.11 bits per heavy atom. The van der Waals surface area contributed by atoms with Crippen molar-refractivity contribution >= 4 is 38.9 Å². The highest BCUT2D eigenvalue weighted by Crippen LogP contribution is 2.33. The molecule has 0 N–H and O–H groups in total. The number of amides is 1. The third-order valence-corrected chi connectivity index (χ3v) is 6.63. The number of benzene rings is 2. The highest BCUT2D eigenvalue weighted by Gasteiger charge is 2.34. The van der Waals surface area contributed by atoms with Crippen molar-refractivity contribution in [2.24, 2.45) is 4.40 Å². The van der Waals surface area contributed by atoms with Gasteiger partial charge in [0, 0.05) is 12.1 Å². The molecule has 1 aliphatic rings. The largest absolute Gasteiger partial charge is 0.286 e. The molecular formula is C20H19FN2O3S2. The Bertz CT molecular complexity index is 1060. The molecule has 3 rings (SSSR count). The molecule has 28 heavy (non-hydrogen) atoms. The van der Waals surface area contributed by atoms with E-state index in [2.05, 4.69) is 4.40 Å². The van der Waals surface area contributed by atoms with Gasteiger partial charge in [-0.05, 0) is 54.9 Å². The summed E-state index contributed by atoms with van der Waals surface area (Å²) in [5.41, 5.74) is 1.27. The molecule has 0 unspecified atom stereocenters. The maximum atomic E-state index is 13.9. The summed E-state index contributed by atoms with van der Waals surface area (Å²) in [6, 6.07) is 12.6. The van der Waals surface area contributed by atoms with Gasteiger partial charge in [-0.2, -0.15) is 8.42 Å². The van der Waals surface area contributed by atoms with Crippen LogP contribution in [0.2, 0.25) is 0 Å². The molecule has 146 valence electrons. The minimum absolute atomic E-state index is 0.0628. The lowest BCUT2D eigenvalue weighted by molar-refractivity contribution is -0.122. The first-order chi connectivity index (χ1) is 13.4. The first kappa shape index (κ1) is 20.3. The normalized spacial score (nSPS) is 17.7. The number of thioether (sulfide) groups is 1. The minimum atomic E-state index is -3.97. The highest BCUT2D eigenvalue weighted by molar-refractivity contribution is 8.19. The van der Waals surface area contributed by atoms with Crippen LogP contribution in [0.4, 0.5) is 4.39 Å². The Hall–Kier alpha value is -2.45. The molecule has 0 aliphatic carbocycles.